The Balaban J connectivity index is 1.13. The van der Waals surface area contributed by atoms with Crippen LogP contribution in [-0.2, 0) is 0 Å². The Kier molecular flexibility index (Phi) is 10.5. The van der Waals surface area contributed by atoms with E-state index in [4.69, 9.17) is 24.9 Å². The molecule has 0 bridgehead atoms. The van der Waals surface area contributed by atoms with Gasteiger partial charge >= 0.3 is 0 Å². The summed E-state index contributed by atoms with van der Waals surface area (Å²) in [4.78, 5) is 25.4. The van der Waals surface area contributed by atoms with E-state index in [1.54, 1.807) is 0 Å². The van der Waals surface area contributed by atoms with E-state index in [1.807, 2.05) is 79.7 Å². The fraction of sp³-hybridized carbons (Fsp3) is 0.0536. The van der Waals surface area contributed by atoms with Crippen LogP contribution >= 0.6 is 0 Å². The van der Waals surface area contributed by atoms with Gasteiger partial charge in [0.15, 0.2) is 17.5 Å². The third-order valence-corrected chi connectivity index (χ3v) is 11.3. The van der Waals surface area contributed by atoms with Gasteiger partial charge in [0.25, 0.3) is 0 Å². The molecule has 0 radical (unpaired) electrons. The second-order valence-electron chi connectivity index (χ2n) is 15.6. The summed E-state index contributed by atoms with van der Waals surface area (Å²) in [5, 5.41) is 2.34. The van der Waals surface area contributed by atoms with Crippen molar-refractivity contribution in [2.45, 2.75) is 19.9 Å². The molecule has 3 aromatic heterocycles. The Morgan fingerprint density at radius 3 is 1.63 bits per heavy atom. The molecule has 0 saturated carbocycles. The second-order valence-corrected chi connectivity index (χ2v) is 15.6. The molecule has 296 valence electrons. The molecule has 4 heterocycles. The number of aryl methyl sites for hydroxylation is 1. The normalized spacial score (nSPS) is 13.5. The monoisotopic (exact) mass is 799 g/mol. The minimum Gasteiger partial charge on any atom is -0.308 e. The van der Waals surface area contributed by atoms with E-state index < -0.39 is 0 Å². The van der Waals surface area contributed by atoms with Crippen LogP contribution in [0, 0.1) is 6.92 Å². The summed E-state index contributed by atoms with van der Waals surface area (Å²) in [7, 11) is 0. The zero-order valence-corrected chi connectivity index (χ0v) is 34.5. The predicted octanol–water partition coefficient (Wildman–Crippen LogP) is 12.4. The first-order valence-corrected chi connectivity index (χ1v) is 21.0. The van der Waals surface area contributed by atoms with Crippen LogP contribution in [0.4, 0.5) is 0 Å². The molecule has 6 nitrogen and oxygen atoms in total. The van der Waals surface area contributed by atoms with E-state index in [0.717, 1.165) is 78.4 Å². The average Bonchev–Trinajstić information content (AvgIpc) is 3.34. The summed E-state index contributed by atoms with van der Waals surface area (Å²) in [6.07, 6.45) is 6.60. The van der Waals surface area contributed by atoms with Crippen LogP contribution in [0.2, 0.25) is 0 Å². The van der Waals surface area contributed by atoms with Crippen molar-refractivity contribution < 1.29 is 5.32 Å². The fourth-order valence-electron chi connectivity index (χ4n) is 8.18. The van der Waals surface area contributed by atoms with Gasteiger partial charge < -0.3 is 5.32 Å². The minimum absolute atomic E-state index is 0.113. The van der Waals surface area contributed by atoms with Crippen molar-refractivity contribution in [3.8, 4) is 90.2 Å². The van der Waals surface area contributed by atoms with Crippen molar-refractivity contribution in [1.82, 2.24) is 24.9 Å². The van der Waals surface area contributed by atoms with Crippen molar-refractivity contribution in [2.24, 2.45) is 0 Å². The average molecular weight is 800 g/mol. The molecule has 0 saturated heterocycles. The molecule has 1 aliphatic rings. The topological polar surface area (TPSA) is 81.1 Å². The molecular weight excluding hydrogens is 757 g/mol. The Hall–Kier alpha value is -7.93. The van der Waals surface area contributed by atoms with E-state index in [0.29, 0.717) is 17.5 Å². The van der Waals surface area contributed by atoms with Gasteiger partial charge in [-0.1, -0.05) is 158 Å². The van der Waals surface area contributed by atoms with Crippen molar-refractivity contribution in [2.75, 3.05) is 0 Å². The molecule has 0 aliphatic carbocycles. The molecule has 1 aliphatic heterocycles. The van der Waals surface area contributed by atoms with Gasteiger partial charge in [0.05, 0.1) is 17.1 Å². The van der Waals surface area contributed by atoms with Crippen LogP contribution in [0.1, 0.15) is 24.2 Å². The van der Waals surface area contributed by atoms with E-state index >= 15 is 0 Å². The molecule has 6 aromatic carbocycles. The van der Waals surface area contributed by atoms with Crippen molar-refractivity contribution in [3.63, 3.8) is 0 Å². The zero-order chi connectivity index (χ0) is 41.8. The third-order valence-electron chi connectivity index (χ3n) is 11.3. The van der Waals surface area contributed by atoms with Crippen molar-refractivity contribution in [3.05, 3.63) is 223 Å². The highest BCUT2D eigenvalue weighted by atomic mass is 15.0. The number of nitrogens with two attached hydrogens (primary N) is 1. The van der Waals surface area contributed by atoms with Crippen LogP contribution in [0.25, 0.3) is 90.2 Å². The van der Waals surface area contributed by atoms with Crippen molar-refractivity contribution >= 4 is 0 Å². The number of aromatic nitrogens is 5. The van der Waals surface area contributed by atoms with Gasteiger partial charge in [0, 0.05) is 51.6 Å². The second kappa shape index (κ2) is 17.0. The maximum Gasteiger partial charge on any atom is 0.164 e. The van der Waals surface area contributed by atoms with Gasteiger partial charge in [-0.05, 0) is 77.7 Å². The van der Waals surface area contributed by atoms with E-state index in [1.165, 1.54) is 11.3 Å². The maximum absolute atomic E-state index is 5.43. The lowest BCUT2D eigenvalue weighted by Crippen LogP contribution is -2.82. The van der Waals surface area contributed by atoms with Crippen LogP contribution in [0.15, 0.2) is 212 Å². The summed E-state index contributed by atoms with van der Waals surface area (Å²) in [5.41, 5.74) is 16.4. The molecule has 1 atom stereocenters. The highest BCUT2D eigenvalue weighted by molar-refractivity contribution is 5.88. The number of rotatable bonds is 9. The fourth-order valence-corrected chi connectivity index (χ4v) is 8.18. The van der Waals surface area contributed by atoms with Gasteiger partial charge in [0.2, 0.25) is 0 Å². The van der Waals surface area contributed by atoms with Crippen LogP contribution < -0.4 is 5.32 Å². The van der Waals surface area contributed by atoms with E-state index in [-0.39, 0.29) is 6.04 Å². The molecule has 0 spiro atoms. The first kappa shape index (κ1) is 38.3. The van der Waals surface area contributed by atoms with Crippen LogP contribution in [-0.4, -0.2) is 24.9 Å². The number of benzene rings is 6. The molecule has 62 heavy (non-hydrogen) atoms. The molecule has 2 N–H and O–H groups in total. The lowest BCUT2D eigenvalue weighted by atomic mass is 9.89. The Morgan fingerprint density at radius 1 is 0.371 bits per heavy atom. The van der Waals surface area contributed by atoms with Gasteiger partial charge in [-0.3, -0.25) is 4.98 Å². The molecule has 0 fully saturated rings. The quantitative estimate of drug-likeness (QED) is 0.157. The molecular formula is C56H43N6+. The minimum atomic E-state index is 0.113. The van der Waals surface area contributed by atoms with Crippen LogP contribution in [0.3, 0.4) is 0 Å². The first-order valence-electron chi connectivity index (χ1n) is 21.0. The molecule has 9 aromatic rings. The first-order chi connectivity index (χ1) is 30.5. The highest BCUT2D eigenvalue weighted by Gasteiger charge is 2.23. The van der Waals surface area contributed by atoms with Crippen molar-refractivity contribution in [1.29, 1.82) is 0 Å². The summed E-state index contributed by atoms with van der Waals surface area (Å²) in [6.45, 7) is 4.20. The standard InChI is InChI=1S/C56H42N6/c1-37-17-14-29-50(57-37)43-31-32-48(51-30-15-18-38(2)58-51)49(34-43)45-35-52(39-19-6-3-7-20-39)59-53(36-45)47-28-13-12-27-46(47)42-25-16-26-44(33-42)56-61-54(40-21-8-4-9-22-40)60-55(62-56)41-23-10-5-11-24-41/h3-36,51,58H,1-2H3/p+1. The number of nitrogens with zero attached hydrogens (tertiary/aromatic N) is 5. The highest BCUT2D eigenvalue weighted by Crippen LogP contribution is 2.39. The predicted molar refractivity (Wildman–Crippen MR) is 251 cm³/mol. The van der Waals surface area contributed by atoms with Gasteiger partial charge in [-0.15, -0.1) is 0 Å². The SMILES string of the molecule is CC1=CC=CC(c2ccc(-c3cccc(C)n3)cc2-c2cc(-c3ccccc3)nc(-c3ccccc3-c3cccc(-c4nc(-c5ccccc5)nc(-c5ccccc5)n4)c3)c2)[NH2+]1. The third kappa shape index (κ3) is 8.03. The molecule has 0 amide bonds. The summed E-state index contributed by atoms with van der Waals surface area (Å²) < 4.78 is 0. The Labute approximate surface area is 362 Å². The number of allylic oxidation sites excluding steroid dienone is 3. The molecule has 10 rings (SSSR count). The van der Waals surface area contributed by atoms with E-state index in [2.05, 4.69) is 146 Å². The van der Waals surface area contributed by atoms with Crippen LogP contribution in [0.5, 0.6) is 0 Å². The lowest BCUT2D eigenvalue weighted by Gasteiger charge is -2.21. The molecule has 1 unspecified atom stereocenters. The Bertz CT molecular complexity index is 3060. The Morgan fingerprint density at radius 2 is 0.952 bits per heavy atom. The van der Waals surface area contributed by atoms with Gasteiger partial charge in [-0.2, -0.15) is 0 Å². The lowest BCUT2D eigenvalue weighted by molar-refractivity contribution is -0.640. The smallest absolute Gasteiger partial charge is 0.164 e. The number of quaternary nitrogens is 1. The maximum atomic E-state index is 5.43. The van der Waals surface area contributed by atoms with Gasteiger partial charge in [0.1, 0.15) is 11.7 Å². The van der Waals surface area contributed by atoms with Gasteiger partial charge in [-0.25, -0.2) is 19.9 Å². The largest absolute Gasteiger partial charge is 0.308 e. The summed E-state index contributed by atoms with van der Waals surface area (Å²) in [5.74, 6) is 1.87. The number of pyridine rings is 2. The number of hydrogen-bond donors (Lipinski definition) is 1. The zero-order valence-electron chi connectivity index (χ0n) is 34.5. The van der Waals surface area contributed by atoms with E-state index in [9.17, 15) is 0 Å². The molecule has 6 heteroatoms. The summed E-state index contributed by atoms with van der Waals surface area (Å²) in [6, 6.07) is 65.2. The number of hydrogen-bond acceptors (Lipinski definition) is 5. The summed E-state index contributed by atoms with van der Waals surface area (Å²) >= 11 is 0.